The van der Waals surface area contributed by atoms with Crippen molar-refractivity contribution in [3.8, 4) is 0 Å². The van der Waals surface area contributed by atoms with Gasteiger partial charge in [-0.15, -0.1) is 0 Å². The number of piperidine rings is 1. The first kappa shape index (κ1) is 14.6. The first-order valence-electron chi connectivity index (χ1n) is 8.37. The maximum absolute atomic E-state index is 12.9. The Morgan fingerprint density at radius 1 is 1.19 bits per heavy atom. The average molecular weight is 286 g/mol. The summed E-state index contributed by atoms with van der Waals surface area (Å²) in [5, 5.41) is 0. The van der Waals surface area contributed by atoms with Gasteiger partial charge in [0, 0.05) is 18.5 Å². The second-order valence-electron chi connectivity index (χ2n) is 6.47. The first-order chi connectivity index (χ1) is 10.3. The third-order valence-corrected chi connectivity index (χ3v) is 5.11. The van der Waals surface area contributed by atoms with E-state index in [1.807, 2.05) is 0 Å². The number of likely N-dealkylation sites (tertiary alicyclic amines) is 1. The van der Waals surface area contributed by atoms with Gasteiger partial charge in [0.05, 0.1) is 0 Å². The second kappa shape index (κ2) is 6.61. The highest BCUT2D eigenvalue weighted by Crippen LogP contribution is 2.29. The molecule has 1 aliphatic heterocycles. The summed E-state index contributed by atoms with van der Waals surface area (Å²) < 4.78 is 0. The van der Waals surface area contributed by atoms with E-state index < -0.39 is 0 Å². The molecule has 1 aromatic carbocycles. The minimum Gasteiger partial charge on any atom is -0.339 e. The Morgan fingerprint density at radius 3 is 2.81 bits per heavy atom. The molecule has 3 nitrogen and oxygen atoms in total. The Labute approximate surface area is 127 Å². The summed E-state index contributed by atoms with van der Waals surface area (Å²) in [5.74, 6) is 0.556. The van der Waals surface area contributed by atoms with E-state index in [9.17, 15) is 4.79 Å². The van der Waals surface area contributed by atoms with Gasteiger partial charge < -0.3 is 10.6 Å². The van der Waals surface area contributed by atoms with Crippen molar-refractivity contribution in [2.24, 2.45) is 11.7 Å². The SMILES string of the molecule is NCCC1CCCCN1C(=O)C1CCc2ccccc2C1. The van der Waals surface area contributed by atoms with Crippen molar-refractivity contribution in [2.45, 2.75) is 51.0 Å². The number of benzene rings is 1. The zero-order chi connectivity index (χ0) is 14.7. The van der Waals surface area contributed by atoms with Crippen LogP contribution in [0.15, 0.2) is 24.3 Å². The van der Waals surface area contributed by atoms with Crippen molar-refractivity contribution in [1.29, 1.82) is 0 Å². The lowest BCUT2D eigenvalue weighted by Gasteiger charge is -2.39. The highest BCUT2D eigenvalue weighted by Gasteiger charge is 2.32. The molecule has 1 saturated heterocycles. The van der Waals surface area contributed by atoms with Crippen molar-refractivity contribution in [3.05, 3.63) is 35.4 Å². The van der Waals surface area contributed by atoms with Crippen LogP contribution in [0.3, 0.4) is 0 Å². The minimum atomic E-state index is 0.179. The number of carbonyl (C=O) groups is 1. The van der Waals surface area contributed by atoms with Gasteiger partial charge >= 0.3 is 0 Å². The molecule has 0 saturated carbocycles. The molecule has 114 valence electrons. The van der Waals surface area contributed by atoms with Gasteiger partial charge in [-0.2, -0.15) is 0 Å². The van der Waals surface area contributed by atoms with Crippen LogP contribution >= 0.6 is 0 Å². The van der Waals surface area contributed by atoms with Crippen LogP contribution in [0.5, 0.6) is 0 Å². The van der Waals surface area contributed by atoms with Crippen molar-refractivity contribution < 1.29 is 4.79 Å². The van der Waals surface area contributed by atoms with E-state index in [0.717, 1.165) is 45.1 Å². The number of hydrogen-bond donors (Lipinski definition) is 1. The fourth-order valence-corrected chi connectivity index (χ4v) is 3.93. The molecule has 1 heterocycles. The second-order valence-corrected chi connectivity index (χ2v) is 6.47. The Bertz CT molecular complexity index is 498. The third-order valence-electron chi connectivity index (χ3n) is 5.11. The number of nitrogens with two attached hydrogens (primary N) is 1. The monoisotopic (exact) mass is 286 g/mol. The first-order valence-corrected chi connectivity index (χ1v) is 8.37. The minimum absolute atomic E-state index is 0.179. The summed E-state index contributed by atoms with van der Waals surface area (Å²) in [6, 6.07) is 8.96. The van der Waals surface area contributed by atoms with Crippen LogP contribution in [-0.2, 0) is 17.6 Å². The number of hydrogen-bond acceptors (Lipinski definition) is 2. The number of carbonyl (C=O) groups excluding carboxylic acids is 1. The van der Waals surface area contributed by atoms with Crippen molar-refractivity contribution in [3.63, 3.8) is 0 Å². The molecule has 1 fully saturated rings. The Morgan fingerprint density at radius 2 is 2.00 bits per heavy atom. The molecule has 2 atom stereocenters. The van der Waals surface area contributed by atoms with Gasteiger partial charge in [-0.1, -0.05) is 24.3 Å². The molecule has 1 aliphatic carbocycles. The molecule has 2 unspecified atom stereocenters. The van der Waals surface area contributed by atoms with Crippen LogP contribution in [0.1, 0.15) is 43.2 Å². The fraction of sp³-hybridized carbons (Fsp3) is 0.611. The average Bonchev–Trinajstić information content (AvgIpc) is 2.54. The van der Waals surface area contributed by atoms with Gasteiger partial charge in [-0.05, 0) is 62.6 Å². The lowest BCUT2D eigenvalue weighted by molar-refractivity contribution is -0.139. The molecule has 3 rings (SSSR count). The lowest BCUT2D eigenvalue weighted by atomic mass is 9.82. The molecule has 1 amide bonds. The van der Waals surface area contributed by atoms with E-state index >= 15 is 0 Å². The van der Waals surface area contributed by atoms with E-state index in [1.54, 1.807) is 0 Å². The van der Waals surface area contributed by atoms with E-state index in [2.05, 4.69) is 29.2 Å². The molecule has 0 radical (unpaired) electrons. The normalized spacial score (nSPS) is 25.5. The Hall–Kier alpha value is -1.35. The molecule has 2 N–H and O–H groups in total. The van der Waals surface area contributed by atoms with Crippen LogP contribution < -0.4 is 5.73 Å². The number of nitrogens with zero attached hydrogens (tertiary/aromatic N) is 1. The quantitative estimate of drug-likeness (QED) is 0.928. The summed E-state index contributed by atoms with van der Waals surface area (Å²) in [7, 11) is 0. The molecular formula is C18H26N2O. The fourth-order valence-electron chi connectivity index (χ4n) is 3.93. The topological polar surface area (TPSA) is 46.3 Å². The maximum Gasteiger partial charge on any atom is 0.226 e. The summed E-state index contributed by atoms with van der Waals surface area (Å²) in [6.07, 6.45) is 7.43. The maximum atomic E-state index is 12.9. The molecule has 1 aromatic rings. The molecule has 2 aliphatic rings. The van der Waals surface area contributed by atoms with E-state index in [4.69, 9.17) is 5.73 Å². The Balaban J connectivity index is 1.70. The van der Waals surface area contributed by atoms with Gasteiger partial charge in [-0.3, -0.25) is 4.79 Å². The number of aryl methyl sites for hydroxylation is 1. The lowest BCUT2D eigenvalue weighted by Crippen LogP contribution is -2.48. The van der Waals surface area contributed by atoms with Crippen LogP contribution in [-0.4, -0.2) is 29.9 Å². The van der Waals surface area contributed by atoms with Crippen LogP contribution in [0, 0.1) is 5.92 Å². The van der Waals surface area contributed by atoms with Gasteiger partial charge in [-0.25, -0.2) is 0 Å². The van der Waals surface area contributed by atoms with Crippen LogP contribution in [0.2, 0.25) is 0 Å². The predicted octanol–water partition coefficient (Wildman–Crippen LogP) is 2.52. The number of fused-ring (bicyclic) bond motifs is 1. The zero-order valence-electron chi connectivity index (χ0n) is 12.8. The zero-order valence-corrected chi connectivity index (χ0v) is 12.8. The van der Waals surface area contributed by atoms with Crippen molar-refractivity contribution in [2.75, 3.05) is 13.1 Å². The summed E-state index contributed by atoms with van der Waals surface area (Å²) in [6.45, 7) is 1.61. The molecule has 0 bridgehead atoms. The summed E-state index contributed by atoms with van der Waals surface area (Å²) >= 11 is 0. The third kappa shape index (κ3) is 3.13. The van der Waals surface area contributed by atoms with Crippen molar-refractivity contribution >= 4 is 5.91 Å². The molecule has 21 heavy (non-hydrogen) atoms. The van der Waals surface area contributed by atoms with Gasteiger partial charge in [0.1, 0.15) is 0 Å². The van der Waals surface area contributed by atoms with E-state index in [1.165, 1.54) is 17.5 Å². The Kier molecular flexibility index (Phi) is 4.59. The van der Waals surface area contributed by atoms with Crippen molar-refractivity contribution in [1.82, 2.24) is 4.90 Å². The number of rotatable bonds is 3. The van der Waals surface area contributed by atoms with Gasteiger partial charge in [0.25, 0.3) is 0 Å². The largest absolute Gasteiger partial charge is 0.339 e. The van der Waals surface area contributed by atoms with Crippen LogP contribution in [0.4, 0.5) is 0 Å². The van der Waals surface area contributed by atoms with Crippen LogP contribution in [0.25, 0.3) is 0 Å². The summed E-state index contributed by atoms with van der Waals surface area (Å²) in [5.41, 5.74) is 8.52. The molecule has 3 heteroatoms. The van der Waals surface area contributed by atoms with E-state index in [0.29, 0.717) is 18.5 Å². The smallest absolute Gasteiger partial charge is 0.226 e. The predicted molar refractivity (Wildman–Crippen MR) is 85.0 cm³/mol. The van der Waals surface area contributed by atoms with Gasteiger partial charge in [0.2, 0.25) is 5.91 Å². The van der Waals surface area contributed by atoms with E-state index in [-0.39, 0.29) is 5.92 Å². The highest BCUT2D eigenvalue weighted by molar-refractivity contribution is 5.80. The van der Waals surface area contributed by atoms with Gasteiger partial charge in [0.15, 0.2) is 0 Å². The highest BCUT2D eigenvalue weighted by atomic mass is 16.2. The summed E-state index contributed by atoms with van der Waals surface area (Å²) in [4.78, 5) is 15.1. The molecular weight excluding hydrogens is 260 g/mol. The number of amides is 1. The molecule has 0 aromatic heterocycles. The standard InChI is InChI=1S/C18H26N2O/c19-11-10-17-7-3-4-12-20(17)18(21)16-9-8-14-5-1-2-6-15(14)13-16/h1-2,5-6,16-17H,3-4,7-13,19H2. The molecule has 0 spiro atoms.